The van der Waals surface area contributed by atoms with Gasteiger partial charge >= 0.3 is 0 Å². The highest BCUT2D eigenvalue weighted by molar-refractivity contribution is 7.89. The van der Waals surface area contributed by atoms with Crippen molar-refractivity contribution in [3.8, 4) is 0 Å². The lowest BCUT2D eigenvalue weighted by Crippen LogP contribution is -2.36. The Morgan fingerprint density at radius 1 is 1.39 bits per heavy atom. The summed E-state index contributed by atoms with van der Waals surface area (Å²) in [6.45, 7) is 4.22. The first-order chi connectivity index (χ1) is 8.32. The fourth-order valence-corrected chi connectivity index (χ4v) is 3.88. The topological polar surface area (TPSA) is 49.4 Å². The van der Waals surface area contributed by atoms with E-state index in [4.69, 9.17) is 0 Å². The molecule has 0 saturated heterocycles. The molecule has 0 bridgehead atoms. The Morgan fingerprint density at radius 3 is 2.50 bits per heavy atom. The molecule has 4 nitrogen and oxygen atoms in total. The molecule has 0 aliphatic carbocycles. The highest BCUT2D eigenvalue weighted by atomic mass is 32.2. The molecule has 1 unspecified atom stereocenters. The smallest absolute Gasteiger partial charge is 0.211 e. The summed E-state index contributed by atoms with van der Waals surface area (Å²) in [4.78, 5) is 2.03. The summed E-state index contributed by atoms with van der Waals surface area (Å²) >= 11 is 1.63. The number of likely N-dealkylation sites (N-methyl/N-ethyl adjacent to an activating group) is 1. The average molecular weight is 290 g/mol. The van der Waals surface area contributed by atoms with E-state index in [0.29, 0.717) is 6.54 Å². The molecule has 0 aliphatic rings. The summed E-state index contributed by atoms with van der Waals surface area (Å²) in [7, 11) is 0.741. The van der Waals surface area contributed by atoms with E-state index in [-0.39, 0.29) is 17.7 Å². The fraction of sp³-hybridized carbons (Fsp3) is 0.667. The summed E-state index contributed by atoms with van der Waals surface area (Å²) in [5, 5.41) is 4.07. The second-order valence-corrected chi connectivity index (χ2v) is 7.69. The highest BCUT2D eigenvalue weighted by Gasteiger charge is 2.19. The van der Waals surface area contributed by atoms with Crippen LogP contribution < -0.4 is 4.72 Å². The van der Waals surface area contributed by atoms with Crippen LogP contribution in [0.25, 0.3) is 0 Å². The SMILES string of the molecule is CC(C)CS(=O)(=O)NCC(c1ccsc1)N(C)C. The van der Waals surface area contributed by atoms with E-state index >= 15 is 0 Å². The molecule has 0 amide bonds. The van der Waals surface area contributed by atoms with Crippen LogP contribution in [-0.4, -0.2) is 39.7 Å². The minimum atomic E-state index is -3.17. The maximum absolute atomic E-state index is 11.8. The molecule has 104 valence electrons. The zero-order chi connectivity index (χ0) is 13.8. The second kappa shape index (κ2) is 6.65. The van der Waals surface area contributed by atoms with Gasteiger partial charge in [-0.2, -0.15) is 11.3 Å². The normalized spacial score (nSPS) is 14.3. The number of rotatable bonds is 7. The van der Waals surface area contributed by atoms with Crippen LogP contribution in [0, 0.1) is 5.92 Å². The van der Waals surface area contributed by atoms with Crippen LogP contribution in [0.15, 0.2) is 16.8 Å². The van der Waals surface area contributed by atoms with Gasteiger partial charge in [0.1, 0.15) is 0 Å². The predicted molar refractivity (Wildman–Crippen MR) is 77.4 cm³/mol. The molecule has 0 spiro atoms. The van der Waals surface area contributed by atoms with Crippen LogP contribution in [0.3, 0.4) is 0 Å². The Bertz CT molecular complexity index is 439. The van der Waals surface area contributed by atoms with Gasteiger partial charge < -0.3 is 4.90 Å². The van der Waals surface area contributed by atoms with Gasteiger partial charge in [0.25, 0.3) is 0 Å². The fourth-order valence-electron chi connectivity index (χ4n) is 1.77. The standard InChI is InChI=1S/C12H22N2O2S2/c1-10(2)9-18(15,16)13-7-12(14(3)4)11-5-6-17-8-11/h5-6,8,10,12-13H,7,9H2,1-4H3. The van der Waals surface area contributed by atoms with Crippen molar-refractivity contribution in [2.24, 2.45) is 5.92 Å². The molecule has 1 aromatic rings. The van der Waals surface area contributed by atoms with Crippen molar-refractivity contribution in [3.63, 3.8) is 0 Å². The number of hydrogen-bond acceptors (Lipinski definition) is 4. The third-order valence-electron chi connectivity index (χ3n) is 2.60. The Balaban J connectivity index is 2.64. The van der Waals surface area contributed by atoms with Gasteiger partial charge in [0.15, 0.2) is 0 Å². The second-order valence-electron chi connectivity index (χ2n) is 5.06. The summed E-state index contributed by atoms with van der Waals surface area (Å²) in [5.41, 5.74) is 1.15. The van der Waals surface area contributed by atoms with Crippen LogP contribution in [0.5, 0.6) is 0 Å². The Kier molecular flexibility index (Phi) is 5.78. The lowest BCUT2D eigenvalue weighted by atomic mass is 10.1. The molecule has 18 heavy (non-hydrogen) atoms. The summed E-state index contributed by atoms with van der Waals surface area (Å²) < 4.78 is 26.3. The lowest BCUT2D eigenvalue weighted by Gasteiger charge is -2.24. The van der Waals surface area contributed by atoms with Crippen LogP contribution in [-0.2, 0) is 10.0 Å². The van der Waals surface area contributed by atoms with Gasteiger partial charge in [-0.3, -0.25) is 0 Å². The number of thiophene rings is 1. The first-order valence-electron chi connectivity index (χ1n) is 5.97. The van der Waals surface area contributed by atoms with Crippen molar-refractivity contribution in [3.05, 3.63) is 22.4 Å². The third kappa shape index (κ3) is 5.06. The van der Waals surface area contributed by atoms with E-state index in [1.165, 1.54) is 0 Å². The average Bonchev–Trinajstić information content (AvgIpc) is 2.68. The zero-order valence-electron chi connectivity index (χ0n) is 11.4. The Morgan fingerprint density at radius 2 is 2.06 bits per heavy atom. The van der Waals surface area contributed by atoms with E-state index in [2.05, 4.69) is 10.1 Å². The molecule has 0 saturated carbocycles. The maximum atomic E-state index is 11.8. The van der Waals surface area contributed by atoms with Crippen molar-refractivity contribution < 1.29 is 8.42 Å². The molecule has 0 fully saturated rings. The van der Waals surface area contributed by atoms with Crippen LogP contribution >= 0.6 is 11.3 Å². The van der Waals surface area contributed by atoms with E-state index in [1.54, 1.807) is 11.3 Å². The molecular formula is C12H22N2O2S2. The van der Waals surface area contributed by atoms with Gasteiger partial charge in [0, 0.05) is 12.6 Å². The van der Waals surface area contributed by atoms with E-state index in [1.807, 2.05) is 44.3 Å². The maximum Gasteiger partial charge on any atom is 0.211 e. The molecule has 0 radical (unpaired) electrons. The van der Waals surface area contributed by atoms with E-state index in [0.717, 1.165) is 5.56 Å². The highest BCUT2D eigenvalue weighted by Crippen LogP contribution is 2.20. The van der Waals surface area contributed by atoms with Gasteiger partial charge in [-0.25, -0.2) is 13.1 Å². The van der Waals surface area contributed by atoms with Crippen LogP contribution in [0.4, 0.5) is 0 Å². The predicted octanol–water partition coefficient (Wildman–Crippen LogP) is 1.93. The molecule has 1 rings (SSSR count). The monoisotopic (exact) mass is 290 g/mol. The summed E-state index contributed by atoms with van der Waals surface area (Å²) in [5.74, 6) is 0.318. The quantitative estimate of drug-likeness (QED) is 0.835. The van der Waals surface area contributed by atoms with Crippen LogP contribution in [0.1, 0.15) is 25.5 Å². The minimum absolute atomic E-state index is 0.0817. The minimum Gasteiger partial charge on any atom is -0.301 e. The van der Waals surface area contributed by atoms with E-state index in [9.17, 15) is 8.42 Å². The summed E-state index contributed by atoms with van der Waals surface area (Å²) in [6, 6.07) is 2.12. The zero-order valence-corrected chi connectivity index (χ0v) is 13.0. The first kappa shape index (κ1) is 15.6. The molecule has 0 aromatic carbocycles. The largest absolute Gasteiger partial charge is 0.301 e. The van der Waals surface area contributed by atoms with Crippen molar-refractivity contribution in [1.82, 2.24) is 9.62 Å². The van der Waals surface area contributed by atoms with Gasteiger partial charge in [-0.1, -0.05) is 13.8 Å². The molecule has 1 atom stereocenters. The summed E-state index contributed by atoms with van der Waals surface area (Å²) in [6.07, 6.45) is 0. The van der Waals surface area contributed by atoms with Gasteiger partial charge in [0.05, 0.1) is 5.75 Å². The Hall–Kier alpha value is -0.430. The molecule has 0 aliphatic heterocycles. The lowest BCUT2D eigenvalue weighted by molar-refractivity contribution is 0.300. The van der Waals surface area contributed by atoms with Crippen molar-refractivity contribution in [1.29, 1.82) is 0 Å². The Labute approximate surface area is 114 Å². The number of hydrogen-bond donors (Lipinski definition) is 1. The van der Waals surface area contributed by atoms with Gasteiger partial charge in [-0.05, 0) is 42.4 Å². The molecule has 1 N–H and O–H groups in total. The van der Waals surface area contributed by atoms with Crippen molar-refractivity contribution in [2.75, 3.05) is 26.4 Å². The van der Waals surface area contributed by atoms with Crippen molar-refractivity contribution in [2.45, 2.75) is 19.9 Å². The van der Waals surface area contributed by atoms with Crippen LogP contribution in [0.2, 0.25) is 0 Å². The van der Waals surface area contributed by atoms with Crippen molar-refractivity contribution >= 4 is 21.4 Å². The molecule has 6 heteroatoms. The first-order valence-corrected chi connectivity index (χ1v) is 8.57. The van der Waals surface area contributed by atoms with Gasteiger partial charge in [0.2, 0.25) is 10.0 Å². The molecular weight excluding hydrogens is 268 g/mol. The molecule has 1 heterocycles. The number of nitrogens with one attached hydrogen (secondary N) is 1. The number of sulfonamides is 1. The molecule has 1 aromatic heterocycles. The number of nitrogens with zero attached hydrogens (tertiary/aromatic N) is 1. The van der Waals surface area contributed by atoms with E-state index < -0.39 is 10.0 Å². The van der Waals surface area contributed by atoms with Gasteiger partial charge in [-0.15, -0.1) is 0 Å². The third-order valence-corrected chi connectivity index (χ3v) is 5.01.